The molecule has 0 spiro atoms. The van der Waals surface area contributed by atoms with Crippen LogP contribution in [0.4, 0.5) is 8.78 Å². The van der Waals surface area contributed by atoms with E-state index in [-0.39, 0.29) is 17.5 Å². The van der Waals surface area contributed by atoms with Gasteiger partial charge in [-0.05, 0) is 59.8 Å². The second-order valence-electron chi connectivity index (χ2n) is 8.25. The van der Waals surface area contributed by atoms with E-state index in [4.69, 9.17) is 0 Å². The van der Waals surface area contributed by atoms with Crippen LogP contribution in [0.1, 0.15) is 22.6 Å². The Morgan fingerprint density at radius 1 is 1.06 bits per heavy atom. The number of rotatable bonds is 4. The normalized spacial score (nSPS) is 13.9. The predicted molar refractivity (Wildman–Crippen MR) is 131 cm³/mol. The number of H-pyrrole nitrogens is 1. The summed E-state index contributed by atoms with van der Waals surface area (Å²) < 4.78 is 28.9. The molecular formula is C26H19F2N5OS. The molecule has 1 amide bonds. The van der Waals surface area contributed by atoms with Crippen molar-refractivity contribution in [2.45, 2.75) is 6.42 Å². The number of carbonyl (C=O) groups excluding carboxylic acids is 1. The monoisotopic (exact) mass is 487 g/mol. The Balaban J connectivity index is 1.29. The quantitative estimate of drug-likeness (QED) is 0.354. The molecule has 9 heteroatoms. The maximum atomic E-state index is 13.9. The Bertz CT molecular complexity index is 1580. The number of nitrogens with zero attached hydrogens (tertiary/aromatic N) is 4. The van der Waals surface area contributed by atoms with Crippen LogP contribution in [-0.4, -0.2) is 43.6 Å². The summed E-state index contributed by atoms with van der Waals surface area (Å²) >= 11 is 1.47. The number of hydrogen-bond acceptors (Lipinski definition) is 4. The molecule has 6 rings (SSSR count). The third kappa shape index (κ3) is 3.93. The maximum Gasteiger partial charge on any atom is 0.293 e. The number of amides is 1. The van der Waals surface area contributed by atoms with E-state index in [1.807, 2.05) is 29.8 Å². The van der Waals surface area contributed by atoms with Crippen molar-refractivity contribution in [2.24, 2.45) is 0 Å². The third-order valence-corrected chi connectivity index (χ3v) is 6.94. The zero-order chi connectivity index (χ0) is 23.9. The van der Waals surface area contributed by atoms with Crippen LogP contribution in [0.3, 0.4) is 0 Å². The van der Waals surface area contributed by atoms with Gasteiger partial charge in [0.2, 0.25) is 5.82 Å². The number of nitrogens with one attached hydrogen (secondary N) is 1. The molecule has 0 unspecified atom stereocenters. The zero-order valence-corrected chi connectivity index (χ0v) is 19.2. The summed E-state index contributed by atoms with van der Waals surface area (Å²) in [7, 11) is 0. The van der Waals surface area contributed by atoms with Gasteiger partial charge in [-0.1, -0.05) is 18.2 Å². The van der Waals surface area contributed by atoms with Gasteiger partial charge < -0.3 is 9.88 Å². The number of carbonyl (C=O) groups is 1. The average molecular weight is 488 g/mol. The van der Waals surface area contributed by atoms with Crippen molar-refractivity contribution in [1.29, 1.82) is 0 Å². The summed E-state index contributed by atoms with van der Waals surface area (Å²) in [6.45, 7) is 0.909. The van der Waals surface area contributed by atoms with Crippen molar-refractivity contribution >= 4 is 33.7 Å². The van der Waals surface area contributed by atoms with Crippen molar-refractivity contribution in [3.63, 3.8) is 0 Å². The Morgan fingerprint density at radius 3 is 2.71 bits per heavy atom. The van der Waals surface area contributed by atoms with E-state index >= 15 is 0 Å². The van der Waals surface area contributed by atoms with Crippen molar-refractivity contribution < 1.29 is 13.6 Å². The smallest absolute Gasteiger partial charge is 0.293 e. The summed E-state index contributed by atoms with van der Waals surface area (Å²) in [6, 6.07) is 14.5. The van der Waals surface area contributed by atoms with Gasteiger partial charge in [0.05, 0.1) is 10.6 Å². The molecule has 1 aliphatic rings. The fourth-order valence-corrected chi connectivity index (χ4v) is 5.06. The molecule has 0 saturated carbocycles. The molecule has 0 bridgehead atoms. The fraction of sp³-hybridized carbons (Fsp3) is 0.115. The van der Waals surface area contributed by atoms with Gasteiger partial charge in [-0.2, -0.15) is 0 Å². The standard InChI is InChI=1S/C26H19F2N5OS/c27-17-3-1-4-19(13-17)33-25(23-5-2-12-35-23)30-24(31-33)26(34)32-10-8-16(9-11-32)21-15-29-22-14-18(28)6-7-20(21)22/h1-8,12-15,29H,9-11H2. The lowest BCUT2D eigenvalue weighted by molar-refractivity contribution is 0.0761. The molecule has 6 nitrogen and oxygen atoms in total. The fourth-order valence-electron chi connectivity index (χ4n) is 4.36. The van der Waals surface area contributed by atoms with Crippen LogP contribution in [0.15, 0.2) is 72.3 Å². The Kier molecular flexibility index (Phi) is 5.26. The van der Waals surface area contributed by atoms with Gasteiger partial charge in [0.1, 0.15) is 11.6 Å². The second-order valence-corrected chi connectivity index (χ2v) is 9.20. The number of aromatic amines is 1. The molecule has 35 heavy (non-hydrogen) atoms. The first-order valence-corrected chi connectivity index (χ1v) is 12.0. The van der Waals surface area contributed by atoms with E-state index in [0.717, 1.165) is 26.9 Å². The highest BCUT2D eigenvalue weighted by atomic mass is 32.1. The van der Waals surface area contributed by atoms with Crippen LogP contribution in [0, 0.1) is 11.6 Å². The number of halogens is 2. The first kappa shape index (κ1) is 21.4. The van der Waals surface area contributed by atoms with Gasteiger partial charge in [0.15, 0.2) is 5.82 Å². The number of aromatic nitrogens is 4. The molecular weight excluding hydrogens is 468 g/mol. The molecule has 174 valence electrons. The van der Waals surface area contributed by atoms with E-state index in [2.05, 4.69) is 15.1 Å². The van der Waals surface area contributed by atoms with Gasteiger partial charge >= 0.3 is 0 Å². The predicted octanol–water partition coefficient (Wildman–Crippen LogP) is 5.68. The molecule has 4 heterocycles. The molecule has 1 N–H and O–H groups in total. The number of fused-ring (bicyclic) bond motifs is 1. The molecule has 0 saturated heterocycles. The van der Waals surface area contributed by atoms with Crippen LogP contribution in [-0.2, 0) is 0 Å². The molecule has 1 aliphatic heterocycles. The van der Waals surface area contributed by atoms with E-state index in [1.54, 1.807) is 23.1 Å². The van der Waals surface area contributed by atoms with Crippen LogP contribution in [0.2, 0.25) is 0 Å². The first-order chi connectivity index (χ1) is 17.1. The third-order valence-electron chi connectivity index (χ3n) is 6.08. The lowest BCUT2D eigenvalue weighted by atomic mass is 9.99. The number of hydrogen-bond donors (Lipinski definition) is 1. The van der Waals surface area contributed by atoms with Gasteiger partial charge in [-0.15, -0.1) is 16.4 Å². The first-order valence-electron chi connectivity index (χ1n) is 11.1. The highest BCUT2D eigenvalue weighted by molar-refractivity contribution is 7.13. The minimum atomic E-state index is -0.392. The van der Waals surface area contributed by atoms with Crippen LogP contribution < -0.4 is 0 Å². The lowest BCUT2D eigenvalue weighted by Gasteiger charge is -2.25. The van der Waals surface area contributed by atoms with Crippen LogP contribution in [0.25, 0.3) is 32.9 Å². The highest BCUT2D eigenvalue weighted by Gasteiger charge is 2.26. The molecule has 5 aromatic rings. The van der Waals surface area contributed by atoms with Crippen LogP contribution in [0.5, 0.6) is 0 Å². The minimum absolute atomic E-state index is 0.0667. The number of thiophene rings is 1. The Labute approximate surface area is 203 Å². The van der Waals surface area contributed by atoms with Gasteiger partial charge in [0.25, 0.3) is 5.91 Å². The van der Waals surface area contributed by atoms with E-state index in [0.29, 0.717) is 31.0 Å². The van der Waals surface area contributed by atoms with Crippen molar-refractivity contribution in [2.75, 3.05) is 13.1 Å². The lowest BCUT2D eigenvalue weighted by Crippen LogP contribution is -2.35. The largest absolute Gasteiger partial charge is 0.360 e. The van der Waals surface area contributed by atoms with Crippen LogP contribution >= 0.6 is 11.3 Å². The summed E-state index contributed by atoms with van der Waals surface area (Å²) in [5, 5.41) is 7.33. The molecule has 3 aromatic heterocycles. The van der Waals surface area contributed by atoms with Crippen molar-refractivity contribution in [3.8, 4) is 16.4 Å². The summed E-state index contributed by atoms with van der Waals surface area (Å²) in [6.07, 6.45) is 4.54. The highest BCUT2D eigenvalue weighted by Crippen LogP contribution is 2.30. The maximum absolute atomic E-state index is 13.9. The molecule has 0 atom stereocenters. The topological polar surface area (TPSA) is 66.8 Å². The average Bonchev–Trinajstić information content (AvgIpc) is 3.63. The number of benzene rings is 2. The zero-order valence-electron chi connectivity index (χ0n) is 18.4. The summed E-state index contributed by atoms with van der Waals surface area (Å²) in [5.74, 6) is -0.399. The van der Waals surface area contributed by atoms with Gasteiger partial charge in [0, 0.05) is 35.8 Å². The van der Waals surface area contributed by atoms with E-state index in [1.165, 1.54) is 40.3 Å². The van der Waals surface area contributed by atoms with Gasteiger partial charge in [-0.3, -0.25) is 4.79 Å². The van der Waals surface area contributed by atoms with Crippen molar-refractivity contribution in [1.82, 2.24) is 24.6 Å². The molecule has 2 aromatic carbocycles. The summed E-state index contributed by atoms with van der Waals surface area (Å²) in [5.41, 5.74) is 3.36. The summed E-state index contributed by atoms with van der Waals surface area (Å²) in [4.78, 5) is 23.5. The Morgan fingerprint density at radius 2 is 1.94 bits per heavy atom. The Hall–Kier alpha value is -4.11. The van der Waals surface area contributed by atoms with E-state index in [9.17, 15) is 13.6 Å². The van der Waals surface area contributed by atoms with E-state index < -0.39 is 5.82 Å². The van der Waals surface area contributed by atoms with Crippen molar-refractivity contribution in [3.05, 3.63) is 95.3 Å². The molecule has 0 fully saturated rings. The molecule has 0 aliphatic carbocycles. The minimum Gasteiger partial charge on any atom is -0.360 e. The molecule has 0 radical (unpaired) electrons. The van der Waals surface area contributed by atoms with Gasteiger partial charge in [-0.25, -0.2) is 18.4 Å². The SMILES string of the molecule is O=C(c1nc(-c2cccs2)n(-c2cccc(F)c2)n1)N1CC=C(c2c[nH]c3cc(F)ccc23)CC1. The second kappa shape index (κ2) is 8.59.